The molecule has 1 saturated heterocycles. The average Bonchev–Trinajstić information content (AvgIpc) is 3.29. The van der Waals surface area contributed by atoms with Gasteiger partial charge in [0.2, 0.25) is 0 Å². The number of rotatable bonds is 9. The fourth-order valence-corrected chi connectivity index (χ4v) is 4.47. The standard InChI is InChI=1S/C31H26FNO4/c32-25-14-16-26(17-15-25)33-29(24-12-18-27(19-13-24)36-21-23-9-5-2-6-10-23)30(37-31(33)35)28(34)20-11-22-7-3-1-4-8-22/h1-10,12-19,29-30H,11,20-21H2/t29-,30-/m1/s1. The molecule has 0 radical (unpaired) electrons. The van der Waals surface area contributed by atoms with Crippen molar-refractivity contribution in [2.75, 3.05) is 4.90 Å². The maximum Gasteiger partial charge on any atom is 0.415 e. The van der Waals surface area contributed by atoms with Crippen LogP contribution in [0.1, 0.15) is 29.2 Å². The van der Waals surface area contributed by atoms with E-state index in [2.05, 4.69) is 0 Å². The van der Waals surface area contributed by atoms with Crippen LogP contribution in [0.5, 0.6) is 5.75 Å². The highest BCUT2D eigenvalue weighted by Gasteiger charge is 2.47. The Morgan fingerprint density at radius 1 is 0.811 bits per heavy atom. The zero-order valence-electron chi connectivity index (χ0n) is 20.1. The Bertz CT molecular complexity index is 1340. The van der Waals surface area contributed by atoms with E-state index in [1.165, 1.54) is 29.2 Å². The SMILES string of the molecule is O=C(CCc1ccccc1)[C@H]1OC(=O)N(c2ccc(F)cc2)[C@@H]1c1ccc(OCc2ccccc2)cc1. The van der Waals surface area contributed by atoms with E-state index in [-0.39, 0.29) is 12.2 Å². The van der Waals surface area contributed by atoms with Crippen LogP contribution < -0.4 is 9.64 Å². The van der Waals surface area contributed by atoms with Crippen molar-refractivity contribution in [2.24, 2.45) is 0 Å². The molecule has 0 N–H and O–H groups in total. The number of ketones is 1. The second-order valence-corrected chi connectivity index (χ2v) is 8.89. The Labute approximate surface area is 215 Å². The Hall–Kier alpha value is -4.45. The molecule has 0 spiro atoms. The summed E-state index contributed by atoms with van der Waals surface area (Å²) >= 11 is 0. The quantitative estimate of drug-likeness (QED) is 0.260. The molecule has 0 bridgehead atoms. The number of hydrogen-bond donors (Lipinski definition) is 0. The maximum atomic E-state index is 13.6. The van der Waals surface area contributed by atoms with E-state index in [4.69, 9.17) is 9.47 Å². The van der Waals surface area contributed by atoms with Crippen LogP contribution in [0.15, 0.2) is 109 Å². The normalized spacial score (nSPS) is 16.9. The van der Waals surface area contributed by atoms with Crippen LogP contribution in [0.2, 0.25) is 0 Å². The zero-order chi connectivity index (χ0) is 25.6. The molecule has 1 aliphatic heterocycles. The molecule has 1 aliphatic rings. The van der Waals surface area contributed by atoms with E-state index >= 15 is 0 Å². The average molecular weight is 496 g/mol. The van der Waals surface area contributed by atoms with Crippen molar-refractivity contribution in [2.45, 2.75) is 31.6 Å². The van der Waals surface area contributed by atoms with Gasteiger partial charge >= 0.3 is 6.09 Å². The molecule has 0 saturated carbocycles. The number of carbonyl (C=O) groups excluding carboxylic acids is 2. The van der Waals surface area contributed by atoms with Crippen LogP contribution in [0.25, 0.3) is 0 Å². The molecular formula is C31H26FNO4. The second kappa shape index (κ2) is 11.1. The third kappa shape index (κ3) is 5.70. The van der Waals surface area contributed by atoms with Crippen LogP contribution in [0.4, 0.5) is 14.9 Å². The van der Waals surface area contributed by atoms with Gasteiger partial charge in [-0.25, -0.2) is 9.18 Å². The molecule has 0 unspecified atom stereocenters. The highest BCUT2D eigenvalue weighted by molar-refractivity contribution is 5.97. The van der Waals surface area contributed by atoms with Gasteiger partial charge in [0, 0.05) is 12.1 Å². The van der Waals surface area contributed by atoms with Crippen LogP contribution >= 0.6 is 0 Å². The number of hydrogen-bond acceptors (Lipinski definition) is 4. The Balaban J connectivity index is 1.39. The zero-order valence-corrected chi connectivity index (χ0v) is 20.1. The summed E-state index contributed by atoms with van der Waals surface area (Å²) in [5, 5.41) is 0. The number of aryl methyl sites for hydroxylation is 1. The van der Waals surface area contributed by atoms with Gasteiger partial charge in [0.25, 0.3) is 0 Å². The molecule has 2 atom stereocenters. The fraction of sp³-hybridized carbons (Fsp3) is 0.161. The predicted octanol–water partition coefficient (Wildman–Crippen LogP) is 6.67. The lowest BCUT2D eigenvalue weighted by atomic mass is 9.94. The van der Waals surface area contributed by atoms with Crippen LogP contribution in [-0.4, -0.2) is 18.0 Å². The van der Waals surface area contributed by atoms with Gasteiger partial charge in [-0.15, -0.1) is 0 Å². The van der Waals surface area contributed by atoms with Crippen molar-refractivity contribution in [3.63, 3.8) is 0 Å². The van der Waals surface area contributed by atoms with Crippen molar-refractivity contribution in [1.82, 2.24) is 0 Å². The molecule has 1 amide bonds. The van der Waals surface area contributed by atoms with E-state index in [0.29, 0.717) is 24.5 Å². The van der Waals surface area contributed by atoms with Crippen LogP contribution in [-0.2, 0) is 22.6 Å². The van der Waals surface area contributed by atoms with Gasteiger partial charge in [0.1, 0.15) is 24.2 Å². The van der Waals surface area contributed by atoms with E-state index in [9.17, 15) is 14.0 Å². The van der Waals surface area contributed by atoms with Gasteiger partial charge in [-0.2, -0.15) is 0 Å². The topological polar surface area (TPSA) is 55.8 Å². The van der Waals surface area contributed by atoms with E-state index < -0.39 is 24.1 Å². The third-order valence-corrected chi connectivity index (χ3v) is 6.38. The summed E-state index contributed by atoms with van der Waals surface area (Å²) in [7, 11) is 0. The first-order valence-corrected chi connectivity index (χ1v) is 12.2. The molecule has 0 aliphatic carbocycles. The number of cyclic esters (lactones) is 1. The summed E-state index contributed by atoms with van der Waals surface area (Å²) in [5.74, 6) is 0.0811. The van der Waals surface area contributed by atoms with E-state index in [0.717, 1.165) is 16.7 Å². The number of anilines is 1. The number of nitrogens with zero attached hydrogens (tertiary/aromatic N) is 1. The highest BCUT2D eigenvalue weighted by atomic mass is 19.1. The Morgan fingerprint density at radius 2 is 1.43 bits per heavy atom. The van der Waals surface area contributed by atoms with Crippen molar-refractivity contribution in [1.29, 1.82) is 0 Å². The number of carbonyl (C=O) groups is 2. The summed E-state index contributed by atoms with van der Waals surface area (Å²) < 4.78 is 25.1. The number of amides is 1. The molecule has 0 aromatic heterocycles. The van der Waals surface area contributed by atoms with Crippen molar-refractivity contribution < 1.29 is 23.5 Å². The molecule has 5 nitrogen and oxygen atoms in total. The van der Waals surface area contributed by atoms with Crippen molar-refractivity contribution in [3.05, 3.63) is 132 Å². The summed E-state index contributed by atoms with van der Waals surface area (Å²) in [6.07, 6.45) is -0.853. The first-order chi connectivity index (χ1) is 18.1. The summed E-state index contributed by atoms with van der Waals surface area (Å²) in [6.45, 7) is 0.424. The van der Waals surface area contributed by atoms with Gasteiger partial charge in [-0.1, -0.05) is 72.8 Å². The number of benzene rings is 4. The number of halogens is 1. The first kappa shape index (κ1) is 24.3. The first-order valence-electron chi connectivity index (χ1n) is 12.2. The minimum atomic E-state index is -0.989. The largest absolute Gasteiger partial charge is 0.489 e. The number of ether oxygens (including phenoxy) is 2. The molecule has 6 heteroatoms. The van der Waals surface area contributed by atoms with Crippen molar-refractivity contribution in [3.8, 4) is 5.75 Å². The van der Waals surface area contributed by atoms with E-state index in [1.807, 2.05) is 84.9 Å². The second-order valence-electron chi connectivity index (χ2n) is 8.89. The van der Waals surface area contributed by atoms with Gasteiger partial charge in [0.15, 0.2) is 11.9 Å². The van der Waals surface area contributed by atoms with Crippen LogP contribution in [0.3, 0.4) is 0 Å². The highest BCUT2D eigenvalue weighted by Crippen LogP contribution is 2.39. The molecule has 5 rings (SSSR count). The Kier molecular flexibility index (Phi) is 7.26. The van der Waals surface area contributed by atoms with Crippen LogP contribution in [0, 0.1) is 5.82 Å². The lowest BCUT2D eigenvalue weighted by Gasteiger charge is -2.25. The third-order valence-electron chi connectivity index (χ3n) is 6.38. The fourth-order valence-electron chi connectivity index (χ4n) is 4.47. The Morgan fingerprint density at radius 3 is 2.08 bits per heavy atom. The number of Topliss-reactive ketones (excluding diaryl/α,β-unsaturated/α-hetero) is 1. The molecule has 4 aromatic carbocycles. The van der Waals surface area contributed by atoms with E-state index in [1.54, 1.807) is 0 Å². The maximum absolute atomic E-state index is 13.6. The smallest absolute Gasteiger partial charge is 0.415 e. The lowest BCUT2D eigenvalue weighted by Crippen LogP contribution is -2.33. The molecular weight excluding hydrogens is 469 g/mol. The summed E-state index contributed by atoms with van der Waals surface area (Å²) in [5.41, 5.74) is 3.26. The van der Waals surface area contributed by atoms with Crippen molar-refractivity contribution >= 4 is 17.6 Å². The minimum absolute atomic E-state index is 0.170. The predicted molar refractivity (Wildman–Crippen MR) is 139 cm³/mol. The lowest BCUT2D eigenvalue weighted by molar-refractivity contribution is -0.126. The minimum Gasteiger partial charge on any atom is -0.489 e. The molecule has 1 heterocycles. The monoisotopic (exact) mass is 495 g/mol. The molecule has 1 fully saturated rings. The molecule has 186 valence electrons. The van der Waals surface area contributed by atoms with Gasteiger partial charge in [-0.05, 0) is 59.5 Å². The molecule has 37 heavy (non-hydrogen) atoms. The summed E-state index contributed by atoms with van der Waals surface area (Å²) in [4.78, 5) is 27.7. The van der Waals surface area contributed by atoms with Gasteiger partial charge in [0.05, 0.1) is 0 Å². The summed E-state index contributed by atoms with van der Waals surface area (Å²) in [6, 6.07) is 31.7. The molecule has 4 aromatic rings. The van der Waals surface area contributed by atoms with Gasteiger partial charge in [-0.3, -0.25) is 9.69 Å². The van der Waals surface area contributed by atoms with Gasteiger partial charge < -0.3 is 9.47 Å².